The van der Waals surface area contributed by atoms with Gasteiger partial charge in [-0.2, -0.15) is 0 Å². The Balaban J connectivity index is 2.87. The number of rotatable bonds is 5. The number of benzene rings is 1. The van der Waals surface area contributed by atoms with Crippen LogP contribution >= 0.6 is 11.6 Å². The van der Waals surface area contributed by atoms with Crippen LogP contribution in [0.5, 0.6) is 0 Å². The summed E-state index contributed by atoms with van der Waals surface area (Å²) in [6, 6.07) is 4.56. The Hall–Kier alpha value is -1.59. The molecule has 1 amide bonds. The molecular formula is C11H13ClN2O3. The average molecular weight is 257 g/mol. The molecule has 0 aromatic heterocycles. The van der Waals surface area contributed by atoms with E-state index in [0.717, 1.165) is 0 Å². The number of hydrogen-bond acceptors (Lipinski definition) is 3. The van der Waals surface area contributed by atoms with Crippen molar-refractivity contribution >= 4 is 29.2 Å². The highest BCUT2D eigenvalue weighted by Crippen LogP contribution is 2.24. The van der Waals surface area contributed by atoms with Gasteiger partial charge in [0.25, 0.3) is 0 Å². The molecule has 3 N–H and O–H groups in total. The van der Waals surface area contributed by atoms with Crippen molar-refractivity contribution in [3.63, 3.8) is 0 Å². The molecule has 1 rings (SSSR count). The number of carbonyl (C=O) groups excluding carboxylic acids is 1. The van der Waals surface area contributed by atoms with Crippen molar-refractivity contribution in [1.29, 1.82) is 0 Å². The number of carbonyl (C=O) groups is 2. The summed E-state index contributed by atoms with van der Waals surface area (Å²) in [5.74, 6) is -1.43. The summed E-state index contributed by atoms with van der Waals surface area (Å²) in [6.45, 7) is 0.523. The largest absolute Gasteiger partial charge is 0.478 e. The maximum atomic E-state index is 11.5. The van der Waals surface area contributed by atoms with Gasteiger partial charge in [-0.3, -0.25) is 4.79 Å². The van der Waals surface area contributed by atoms with E-state index in [4.69, 9.17) is 16.7 Å². The molecule has 1 aromatic rings. The number of halogens is 1. The number of amides is 1. The van der Waals surface area contributed by atoms with Gasteiger partial charge in [0.1, 0.15) is 5.56 Å². The van der Waals surface area contributed by atoms with Gasteiger partial charge in [-0.05, 0) is 19.2 Å². The van der Waals surface area contributed by atoms with E-state index in [1.54, 1.807) is 13.1 Å². The van der Waals surface area contributed by atoms with Crippen molar-refractivity contribution in [2.45, 2.75) is 6.42 Å². The van der Waals surface area contributed by atoms with Crippen LogP contribution in [-0.4, -0.2) is 30.6 Å². The van der Waals surface area contributed by atoms with Crippen molar-refractivity contribution in [2.75, 3.05) is 18.9 Å². The first-order chi connectivity index (χ1) is 8.06. The van der Waals surface area contributed by atoms with Crippen LogP contribution in [0.1, 0.15) is 16.8 Å². The SMILES string of the molecule is CNCCC(=O)Nc1cccc(Cl)c1C(=O)O. The summed E-state index contributed by atoms with van der Waals surface area (Å²) in [7, 11) is 1.73. The molecule has 0 aliphatic rings. The van der Waals surface area contributed by atoms with Gasteiger partial charge >= 0.3 is 5.97 Å². The molecule has 0 bridgehead atoms. The number of aromatic carboxylic acids is 1. The molecule has 0 aliphatic carbocycles. The molecule has 0 fully saturated rings. The van der Waals surface area contributed by atoms with Crippen LogP contribution in [-0.2, 0) is 4.79 Å². The maximum Gasteiger partial charge on any atom is 0.339 e. The Bertz CT molecular complexity index is 435. The van der Waals surface area contributed by atoms with E-state index in [9.17, 15) is 9.59 Å². The van der Waals surface area contributed by atoms with Gasteiger partial charge in [0.15, 0.2) is 0 Å². The first-order valence-electron chi connectivity index (χ1n) is 5.02. The third-order valence-electron chi connectivity index (χ3n) is 2.10. The predicted molar refractivity (Wildman–Crippen MR) is 65.6 cm³/mol. The summed E-state index contributed by atoms with van der Waals surface area (Å²) in [6.07, 6.45) is 0.266. The molecule has 0 saturated heterocycles. The lowest BCUT2D eigenvalue weighted by Gasteiger charge is -2.09. The number of nitrogens with one attached hydrogen (secondary N) is 2. The van der Waals surface area contributed by atoms with Crippen LogP contribution in [0.2, 0.25) is 5.02 Å². The molecule has 0 aliphatic heterocycles. The zero-order valence-electron chi connectivity index (χ0n) is 9.29. The normalized spacial score (nSPS) is 10.0. The highest BCUT2D eigenvalue weighted by atomic mass is 35.5. The van der Waals surface area contributed by atoms with E-state index in [1.807, 2.05) is 0 Å². The van der Waals surface area contributed by atoms with Crippen molar-refractivity contribution in [1.82, 2.24) is 5.32 Å². The van der Waals surface area contributed by atoms with Crippen molar-refractivity contribution in [3.05, 3.63) is 28.8 Å². The Morgan fingerprint density at radius 2 is 2.12 bits per heavy atom. The molecule has 0 spiro atoms. The van der Waals surface area contributed by atoms with E-state index >= 15 is 0 Å². The number of hydrogen-bond donors (Lipinski definition) is 3. The lowest BCUT2D eigenvalue weighted by Crippen LogP contribution is -2.20. The lowest BCUT2D eigenvalue weighted by atomic mass is 10.1. The third kappa shape index (κ3) is 3.72. The second-order valence-electron chi connectivity index (χ2n) is 3.37. The minimum Gasteiger partial charge on any atom is -0.478 e. The van der Waals surface area contributed by atoms with Crippen LogP contribution in [0.25, 0.3) is 0 Å². The Labute approximate surface area is 104 Å². The standard InChI is InChI=1S/C11H13ClN2O3/c1-13-6-5-9(15)14-8-4-2-3-7(12)10(8)11(16)17/h2-4,13H,5-6H2,1H3,(H,14,15)(H,16,17). The second-order valence-corrected chi connectivity index (χ2v) is 3.78. The van der Waals surface area contributed by atoms with E-state index in [-0.39, 0.29) is 28.6 Å². The smallest absolute Gasteiger partial charge is 0.339 e. The number of carboxylic acid groups (broad SMARTS) is 1. The molecule has 0 saturated carbocycles. The molecule has 5 nitrogen and oxygen atoms in total. The summed E-state index contributed by atoms with van der Waals surface area (Å²) in [5, 5.41) is 14.4. The summed E-state index contributed by atoms with van der Waals surface area (Å²) >= 11 is 5.77. The topological polar surface area (TPSA) is 78.4 Å². The molecule has 92 valence electrons. The van der Waals surface area contributed by atoms with E-state index in [2.05, 4.69) is 10.6 Å². The van der Waals surface area contributed by atoms with Crippen LogP contribution in [0.4, 0.5) is 5.69 Å². The number of anilines is 1. The molecule has 0 unspecified atom stereocenters. The van der Waals surface area contributed by atoms with Crippen LogP contribution in [0.15, 0.2) is 18.2 Å². The lowest BCUT2D eigenvalue weighted by molar-refractivity contribution is -0.116. The Kier molecular flexibility index (Phi) is 4.93. The van der Waals surface area contributed by atoms with E-state index in [1.165, 1.54) is 12.1 Å². The zero-order valence-corrected chi connectivity index (χ0v) is 10.0. The average Bonchev–Trinajstić information content (AvgIpc) is 2.25. The van der Waals surface area contributed by atoms with Gasteiger partial charge in [-0.1, -0.05) is 17.7 Å². The van der Waals surface area contributed by atoms with Gasteiger partial charge < -0.3 is 15.7 Å². The maximum absolute atomic E-state index is 11.5. The summed E-state index contributed by atoms with van der Waals surface area (Å²) in [4.78, 5) is 22.5. The molecule has 0 radical (unpaired) electrons. The van der Waals surface area contributed by atoms with Gasteiger partial charge in [0, 0.05) is 13.0 Å². The highest BCUT2D eigenvalue weighted by Gasteiger charge is 2.15. The fraction of sp³-hybridized carbons (Fsp3) is 0.273. The minimum absolute atomic E-state index is 0.0908. The van der Waals surface area contributed by atoms with Crippen molar-refractivity contribution < 1.29 is 14.7 Å². The predicted octanol–water partition coefficient (Wildman–Crippen LogP) is 1.59. The Morgan fingerprint density at radius 3 is 2.71 bits per heavy atom. The number of carboxylic acids is 1. The molecule has 0 atom stereocenters. The molecule has 17 heavy (non-hydrogen) atoms. The third-order valence-corrected chi connectivity index (χ3v) is 2.42. The summed E-state index contributed by atoms with van der Waals surface area (Å²) < 4.78 is 0. The van der Waals surface area contributed by atoms with Crippen LogP contribution in [0, 0.1) is 0 Å². The molecular weight excluding hydrogens is 244 g/mol. The van der Waals surface area contributed by atoms with Gasteiger partial charge in [0.2, 0.25) is 5.91 Å². The molecule has 6 heteroatoms. The first kappa shape index (κ1) is 13.5. The second kappa shape index (κ2) is 6.22. The molecule has 1 aromatic carbocycles. The van der Waals surface area contributed by atoms with Crippen molar-refractivity contribution in [2.24, 2.45) is 0 Å². The van der Waals surface area contributed by atoms with Crippen LogP contribution < -0.4 is 10.6 Å². The van der Waals surface area contributed by atoms with Gasteiger partial charge in [-0.15, -0.1) is 0 Å². The fourth-order valence-electron chi connectivity index (χ4n) is 1.30. The van der Waals surface area contributed by atoms with Gasteiger partial charge in [-0.25, -0.2) is 4.79 Å². The van der Waals surface area contributed by atoms with Gasteiger partial charge in [0.05, 0.1) is 10.7 Å². The highest BCUT2D eigenvalue weighted by molar-refractivity contribution is 6.34. The first-order valence-corrected chi connectivity index (χ1v) is 5.40. The molecule has 0 heterocycles. The quantitative estimate of drug-likeness (QED) is 0.748. The van der Waals surface area contributed by atoms with Crippen molar-refractivity contribution in [3.8, 4) is 0 Å². The fourth-order valence-corrected chi connectivity index (χ4v) is 1.55. The zero-order chi connectivity index (χ0) is 12.8. The monoisotopic (exact) mass is 256 g/mol. The van der Waals surface area contributed by atoms with E-state index < -0.39 is 5.97 Å². The summed E-state index contributed by atoms with van der Waals surface area (Å²) in [5.41, 5.74) is 0.123. The van der Waals surface area contributed by atoms with Crippen LogP contribution in [0.3, 0.4) is 0 Å². The van der Waals surface area contributed by atoms with E-state index in [0.29, 0.717) is 6.54 Å². The Morgan fingerprint density at radius 1 is 1.41 bits per heavy atom. The minimum atomic E-state index is -1.17.